The van der Waals surface area contributed by atoms with E-state index < -0.39 is 4.92 Å². The monoisotopic (exact) mass is 612 g/mol. The molecule has 0 unspecified atom stereocenters. The van der Waals surface area contributed by atoms with Gasteiger partial charge in [0.2, 0.25) is 0 Å². The van der Waals surface area contributed by atoms with Crippen molar-refractivity contribution in [3.05, 3.63) is 134 Å². The lowest BCUT2D eigenvalue weighted by atomic mass is 10.0. The SMILES string of the molecule is CCN(Cc1ccc(Cl)nc1)/C(=C/[N+](=O)[O-])NC.O=C(Nc1ccccc1-c1ccc(Cl)cc1)c1cccnc1Cl. The van der Waals surface area contributed by atoms with Crippen molar-refractivity contribution in [2.24, 2.45) is 0 Å². The van der Waals surface area contributed by atoms with E-state index in [1.807, 2.05) is 66.4 Å². The van der Waals surface area contributed by atoms with Crippen LogP contribution in [0.1, 0.15) is 22.8 Å². The maximum absolute atomic E-state index is 12.4. The lowest BCUT2D eigenvalue weighted by molar-refractivity contribution is -0.404. The van der Waals surface area contributed by atoms with Gasteiger partial charge in [-0.3, -0.25) is 14.9 Å². The van der Waals surface area contributed by atoms with Gasteiger partial charge in [-0.05, 0) is 54.4 Å². The number of nitrogens with one attached hydrogen (secondary N) is 2. The third-order valence-electron chi connectivity index (χ3n) is 5.70. The molecular formula is C29H27Cl3N6O3. The number of para-hydroxylation sites is 1. The Labute approximate surface area is 252 Å². The average molecular weight is 614 g/mol. The van der Waals surface area contributed by atoms with Crippen molar-refractivity contribution in [3.63, 3.8) is 0 Å². The van der Waals surface area contributed by atoms with E-state index in [-0.39, 0.29) is 11.1 Å². The van der Waals surface area contributed by atoms with Gasteiger partial charge in [0.15, 0.2) is 5.82 Å². The number of hydrogen-bond acceptors (Lipinski definition) is 7. The van der Waals surface area contributed by atoms with Crippen LogP contribution in [-0.4, -0.2) is 39.3 Å². The average Bonchev–Trinajstić information content (AvgIpc) is 2.97. The van der Waals surface area contributed by atoms with Crippen LogP contribution in [0.2, 0.25) is 15.3 Å². The molecule has 2 aromatic heterocycles. The number of hydrogen-bond donors (Lipinski definition) is 2. The van der Waals surface area contributed by atoms with Crippen LogP contribution in [0.15, 0.2) is 97.2 Å². The first kappa shape index (κ1) is 31.3. The topological polar surface area (TPSA) is 113 Å². The zero-order valence-corrected chi connectivity index (χ0v) is 24.5. The number of rotatable bonds is 9. The van der Waals surface area contributed by atoms with Crippen molar-refractivity contribution in [1.29, 1.82) is 0 Å². The molecule has 0 saturated carbocycles. The number of carbonyl (C=O) groups excluding carboxylic acids is 1. The van der Waals surface area contributed by atoms with Crippen molar-refractivity contribution in [2.45, 2.75) is 13.5 Å². The molecule has 0 bridgehead atoms. The standard InChI is InChI=1S/C18H12Cl2N2O.C11H15ClN4O2/c19-13-9-7-12(8-10-13)14-4-1-2-6-16(14)22-18(23)15-5-3-11-21-17(15)20;1-3-15(11(13-2)8-16(17)18)7-9-4-5-10(12)14-6-9/h1-11H,(H,22,23);4-6,8,13H,3,7H2,1-2H3/b;11-8+. The molecular weight excluding hydrogens is 587 g/mol. The molecule has 0 aliphatic heterocycles. The van der Waals surface area contributed by atoms with Gasteiger partial charge in [-0.1, -0.05) is 71.2 Å². The van der Waals surface area contributed by atoms with Gasteiger partial charge in [-0.25, -0.2) is 9.97 Å². The van der Waals surface area contributed by atoms with Crippen LogP contribution >= 0.6 is 34.8 Å². The van der Waals surface area contributed by atoms with Crippen LogP contribution in [0.5, 0.6) is 0 Å². The summed E-state index contributed by atoms with van der Waals surface area (Å²) in [5.41, 5.74) is 3.82. The molecule has 212 valence electrons. The van der Waals surface area contributed by atoms with Gasteiger partial charge in [-0.15, -0.1) is 0 Å². The molecule has 41 heavy (non-hydrogen) atoms. The molecule has 0 fully saturated rings. The molecule has 0 saturated heterocycles. The Kier molecular flexibility index (Phi) is 11.9. The number of anilines is 1. The number of pyridine rings is 2. The minimum Gasteiger partial charge on any atom is -0.370 e. The highest BCUT2D eigenvalue weighted by Crippen LogP contribution is 2.29. The van der Waals surface area contributed by atoms with Crippen molar-refractivity contribution >= 4 is 46.4 Å². The number of nitro groups is 1. The highest BCUT2D eigenvalue weighted by atomic mass is 35.5. The Bertz CT molecular complexity index is 1500. The molecule has 0 spiro atoms. The fraction of sp³-hybridized carbons (Fsp3) is 0.138. The smallest absolute Gasteiger partial charge is 0.274 e. The first-order valence-electron chi connectivity index (χ1n) is 12.4. The summed E-state index contributed by atoms with van der Waals surface area (Å²) in [5, 5.41) is 17.5. The van der Waals surface area contributed by atoms with E-state index in [9.17, 15) is 14.9 Å². The molecule has 0 aliphatic carbocycles. The second-order valence-electron chi connectivity index (χ2n) is 8.40. The maximum Gasteiger partial charge on any atom is 0.274 e. The molecule has 2 heterocycles. The molecule has 0 atom stereocenters. The van der Waals surface area contributed by atoms with Gasteiger partial charge in [0.05, 0.1) is 10.5 Å². The Balaban J connectivity index is 0.000000233. The van der Waals surface area contributed by atoms with Crippen LogP contribution < -0.4 is 10.6 Å². The fourth-order valence-electron chi connectivity index (χ4n) is 3.71. The summed E-state index contributed by atoms with van der Waals surface area (Å²) in [5.74, 6) is 0.155. The van der Waals surface area contributed by atoms with Gasteiger partial charge in [-0.2, -0.15) is 0 Å². The van der Waals surface area contributed by atoms with E-state index in [0.717, 1.165) is 22.9 Å². The van der Waals surface area contributed by atoms with Gasteiger partial charge in [0, 0.05) is 48.8 Å². The Morgan fingerprint density at radius 1 is 1.00 bits per heavy atom. The highest BCUT2D eigenvalue weighted by Gasteiger charge is 2.14. The summed E-state index contributed by atoms with van der Waals surface area (Å²) in [6.45, 7) is 3.10. The number of nitrogens with zero attached hydrogens (tertiary/aromatic N) is 4. The predicted octanol–water partition coefficient (Wildman–Crippen LogP) is 7.16. The van der Waals surface area contributed by atoms with E-state index in [2.05, 4.69) is 20.6 Å². The summed E-state index contributed by atoms with van der Waals surface area (Å²) in [4.78, 5) is 32.2. The second-order valence-corrected chi connectivity index (χ2v) is 9.58. The number of carbonyl (C=O) groups is 1. The third-order valence-corrected chi connectivity index (χ3v) is 6.48. The lowest BCUT2D eigenvalue weighted by Gasteiger charge is -2.23. The zero-order valence-electron chi connectivity index (χ0n) is 22.2. The molecule has 2 aromatic carbocycles. The van der Waals surface area contributed by atoms with E-state index in [4.69, 9.17) is 34.8 Å². The van der Waals surface area contributed by atoms with E-state index >= 15 is 0 Å². The van der Waals surface area contributed by atoms with E-state index in [1.165, 1.54) is 0 Å². The predicted molar refractivity (Wildman–Crippen MR) is 164 cm³/mol. The number of amides is 1. The summed E-state index contributed by atoms with van der Waals surface area (Å²) >= 11 is 17.6. The molecule has 9 nitrogen and oxygen atoms in total. The van der Waals surface area contributed by atoms with Crippen molar-refractivity contribution in [1.82, 2.24) is 20.2 Å². The molecule has 2 N–H and O–H groups in total. The number of benzene rings is 2. The minimum atomic E-state index is -0.478. The summed E-state index contributed by atoms with van der Waals surface area (Å²) in [7, 11) is 1.65. The van der Waals surface area contributed by atoms with Crippen molar-refractivity contribution in [3.8, 4) is 11.1 Å². The van der Waals surface area contributed by atoms with Gasteiger partial charge >= 0.3 is 0 Å². The highest BCUT2D eigenvalue weighted by molar-refractivity contribution is 6.33. The largest absolute Gasteiger partial charge is 0.370 e. The number of aromatic nitrogens is 2. The second kappa shape index (κ2) is 15.6. The lowest BCUT2D eigenvalue weighted by Crippen LogP contribution is -2.30. The van der Waals surface area contributed by atoms with Crippen LogP contribution in [0.4, 0.5) is 5.69 Å². The summed E-state index contributed by atoms with van der Waals surface area (Å²) in [6.07, 6.45) is 4.15. The molecule has 0 radical (unpaired) electrons. The third kappa shape index (κ3) is 9.46. The summed E-state index contributed by atoms with van der Waals surface area (Å²) < 4.78 is 0. The quantitative estimate of drug-likeness (QED) is 0.117. The van der Waals surface area contributed by atoms with Crippen molar-refractivity contribution in [2.75, 3.05) is 18.9 Å². The van der Waals surface area contributed by atoms with E-state index in [1.54, 1.807) is 37.6 Å². The Hall–Kier alpha value is -4.18. The van der Waals surface area contributed by atoms with Gasteiger partial charge in [0.1, 0.15) is 10.3 Å². The van der Waals surface area contributed by atoms with E-state index in [0.29, 0.717) is 40.3 Å². The normalized spacial score (nSPS) is 10.7. The van der Waals surface area contributed by atoms with Crippen LogP contribution in [-0.2, 0) is 6.54 Å². The fourth-order valence-corrected chi connectivity index (χ4v) is 4.15. The Morgan fingerprint density at radius 3 is 2.34 bits per heavy atom. The molecule has 0 aliphatic rings. The Morgan fingerprint density at radius 2 is 1.73 bits per heavy atom. The first-order valence-corrected chi connectivity index (χ1v) is 13.5. The number of halogens is 3. The van der Waals surface area contributed by atoms with Crippen LogP contribution in [0.25, 0.3) is 11.1 Å². The molecule has 12 heteroatoms. The first-order chi connectivity index (χ1) is 19.7. The summed E-state index contributed by atoms with van der Waals surface area (Å²) in [6, 6.07) is 21.8. The van der Waals surface area contributed by atoms with Gasteiger partial charge in [0.25, 0.3) is 12.1 Å². The van der Waals surface area contributed by atoms with Crippen LogP contribution in [0, 0.1) is 10.1 Å². The maximum atomic E-state index is 12.4. The molecule has 1 amide bonds. The van der Waals surface area contributed by atoms with Crippen LogP contribution in [0.3, 0.4) is 0 Å². The zero-order chi connectivity index (χ0) is 29.8. The minimum absolute atomic E-state index is 0.175. The van der Waals surface area contributed by atoms with Crippen molar-refractivity contribution < 1.29 is 9.72 Å². The molecule has 4 rings (SSSR count). The molecule has 4 aromatic rings. The van der Waals surface area contributed by atoms with Gasteiger partial charge < -0.3 is 15.5 Å².